The number of anilines is 3. The van der Waals surface area contributed by atoms with Crippen LogP contribution in [0.3, 0.4) is 0 Å². The zero-order valence-electron chi connectivity index (χ0n) is 7.60. The molecule has 0 saturated heterocycles. The summed E-state index contributed by atoms with van der Waals surface area (Å²) >= 11 is 0. The molecule has 0 saturated carbocycles. The lowest BCUT2D eigenvalue weighted by Crippen LogP contribution is -2.05. The summed E-state index contributed by atoms with van der Waals surface area (Å²) in [6, 6.07) is 0. The van der Waals surface area contributed by atoms with Crippen molar-refractivity contribution in [3.05, 3.63) is 0 Å². The number of aromatic nitrogens is 3. The van der Waals surface area contributed by atoms with Crippen LogP contribution in [0.5, 0.6) is 0 Å². The maximum absolute atomic E-state index is 8.06. The van der Waals surface area contributed by atoms with Crippen molar-refractivity contribution in [3.8, 4) is 0 Å². The largest absolute Gasteiger partial charge is 0.394 e. The monoisotopic (exact) mass is 186 g/mol. The molecular weight excluding hydrogens is 172 g/mol. The molecule has 7 nitrogen and oxygen atoms in total. The van der Waals surface area contributed by atoms with E-state index in [1.165, 1.54) is 0 Å². The number of nitrogens with two attached hydrogens (primary N) is 3. The van der Waals surface area contributed by atoms with Gasteiger partial charge in [-0.2, -0.15) is 15.0 Å². The second-order valence-corrected chi connectivity index (χ2v) is 2.50. The van der Waals surface area contributed by atoms with E-state index in [2.05, 4.69) is 15.0 Å². The van der Waals surface area contributed by atoms with Crippen molar-refractivity contribution < 1.29 is 5.11 Å². The highest BCUT2D eigenvalue weighted by molar-refractivity contribution is 5.33. The Morgan fingerprint density at radius 1 is 0.923 bits per heavy atom. The van der Waals surface area contributed by atoms with Crippen molar-refractivity contribution in [1.29, 1.82) is 0 Å². The minimum Gasteiger partial charge on any atom is -0.394 e. The van der Waals surface area contributed by atoms with Crippen molar-refractivity contribution in [2.45, 2.75) is 20.0 Å². The van der Waals surface area contributed by atoms with Gasteiger partial charge in [-0.05, 0) is 13.8 Å². The summed E-state index contributed by atoms with van der Waals surface area (Å²) in [6.45, 7) is 3.44. The van der Waals surface area contributed by atoms with E-state index in [4.69, 9.17) is 22.3 Å². The van der Waals surface area contributed by atoms with Crippen LogP contribution in [0.25, 0.3) is 0 Å². The average molecular weight is 186 g/mol. The van der Waals surface area contributed by atoms with Gasteiger partial charge in [0.15, 0.2) is 0 Å². The SMILES string of the molecule is CC(C)O.Nc1nc(N)nc(N)n1. The Balaban J connectivity index is 0.000000310. The number of aliphatic hydroxyl groups is 1. The maximum Gasteiger partial charge on any atom is 0.226 e. The Kier molecular flexibility index (Phi) is 4.45. The highest BCUT2D eigenvalue weighted by Crippen LogP contribution is 1.97. The molecule has 74 valence electrons. The molecule has 7 N–H and O–H groups in total. The van der Waals surface area contributed by atoms with Gasteiger partial charge < -0.3 is 22.3 Å². The van der Waals surface area contributed by atoms with Crippen molar-refractivity contribution >= 4 is 17.8 Å². The van der Waals surface area contributed by atoms with Crippen LogP contribution in [-0.4, -0.2) is 26.2 Å². The van der Waals surface area contributed by atoms with Gasteiger partial charge in [-0.25, -0.2) is 0 Å². The summed E-state index contributed by atoms with van der Waals surface area (Å²) < 4.78 is 0. The molecular formula is C6H14N6O. The third-order valence-electron chi connectivity index (χ3n) is 0.687. The molecule has 1 aromatic rings. The summed E-state index contributed by atoms with van der Waals surface area (Å²) in [6.07, 6.45) is -0.167. The van der Waals surface area contributed by atoms with E-state index in [-0.39, 0.29) is 23.9 Å². The van der Waals surface area contributed by atoms with Crippen molar-refractivity contribution in [3.63, 3.8) is 0 Å². The van der Waals surface area contributed by atoms with Crippen LogP contribution < -0.4 is 17.2 Å². The molecule has 7 heteroatoms. The van der Waals surface area contributed by atoms with E-state index < -0.39 is 0 Å². The molecule has 13 heavy (non-hydrogen) atoms. The first-order valence-corrected chi connectivity index (χ1v) is 3.62. The summed E-state index contributed by atoms with van der Waals surface area (Å²) in [5.41, 5.74) is 15.4. The van der Waals surface area contributed by atoms with E-state index in [0.717, 1.165) is 0 Å². The first-order chi connectivity index (χ1) is 5.91. The lowest BCUT2D eigenvalue weighted by atomic mass is 10.5. The second-order valence-electron chi connectivity index (χ2n) is 2.50. The number of rotatable bonds is 0. The molecule has 1 heterocycles. The fourth-order valence-electron chi connectivity index (χ4n) is 0.427. The number of aliphatic hydroxyl groups excluding tert-OH is 1. The normalized spacial score (nSPS) is 9.23. The molecule has 0 aliphatic heterocycles. The summed E-state index contributed by atoms with van der Waals surface area (Å²) in [7, 11) is 0. The third kappa shape index (κ3) is 6.76. The molecule has 1 aromatic heterocycles. The molecule has 0 unspecified atom stereocenters. The molecule has 0 atom stereocenters. The predicted molar refractivity (Wildman–Crippen MR) is 50.4 cm³/mol. The van der Waals surface area contributed by atoms with Gasteiger partial charge in [-0.3, -0.25) is 0 Å². The quantitative estimate of drug-likeness (QED) is 0.408. The average Bonchev–Trinajstić information content (AvgIpc) is 1.80. The molecule has 0 bridgehead atoms. The van der Waals surface area contributed by atoms with Gasteiger partial charge in [0.05, 0.1) is 0 Å². The van der Waals surface area contributed by atoms with Crippen LogP contribution in [-0.2, 0) is 0 Å². The van der Waals surface area contributed by atoms with Gasteiger partial charge in [-0.15, -0.1) is 0 Å². The summed E-state index contributed by atoms with van der Waals surface area (Å²) in [5, 5.41) is 8.06. The maximum atomic E-state index is 8.06. The van der Waals surface area contributed by atoms with Crippen LogP contribution in [0.4, 0.5) is 17.8 Å². The van der Waals surface area contributed by atoms with Crippen molar-refractivity contribution in [2.75, 3.05) is 17.2 Å². The van der Waals surface area contributed by atoms with Crippen LogP contribution in [0.1, 0.15) is 13.8 Å². The van der Waals surface area contributed by atoms with E-state index in [0.29, 0.717) is 0 Å². The Labute approximate surface area is 76.0 Å². The smallest absolute Gasteiger partial charge is 0.226 e. The second kappa shape index (κ2) is 5.09. The molecule has 0 aliphatic rings. The van der Waals surface area contributed by atoms with E-state index >= 15 is 0 Å². The van der Waals surface area contributed by atoms with Crippen molar-refractivity contribution in [1.82, 2.24) is 15.0 Å². The third-order valence-corrected chi connectivity index (χ3v) is 0.687. The molecule has 0 aliphatic carbocycles. The van der Waals surface area contributed by atoms with E-state index in [9.17, 15) is 0 Å². The first kappa shape index (κ1) is 11.4. The fraction of sp³-hybridized carbons (Fsp3) is 0.500. The Morgan fingerprint density at radius 2 is 1.08 bits per heavy atom. The minimum absolute atomic E-state index is 0.0417. The van der Waals surface area contributed by atoms with Gasteiger partial charge in [0.25, 0.3) is 0 Å². The van der Waals surface area contributed by atoms with Crippen LogP contribution in [0, 0.1) is 0 Å². The van der Waals surface area contributed by atoms with E-state index in [1.807, 2.05) is 0 Å². The lowest BCUT2D eigenvalue weighted by Gasteiger charge is -1.93. The summed E-state index contributed by atoms with van der Waals surface area (Å²) in [5.74, 6) is 0.125. The molecule has 0 spiro atoms. The van der Waals surface area contributed by atoms with Gasteiger partial charge in [0, 0.05) is 6.10 Å². The topological polar surface area (TPSA) is 137 Å². The molecule has 0 fully saturated rings. The number of hydrogen-bond donors (Lipinski definition) is 4. The van der Waals surface area contributed by atoms with Gasteiger partial charge >= 0.3 is 0 Å². The Bertz CT molecular complexity index is 210. The van der Waals surface area contributed by atoms with Crippen LogP contribution in [0.2, 0.25) is 0 Å². The van der Waals surface area contributed by atoms with E-state index in [1.54, 1.807) is 13.8 Å². The fourth-order valence-corrected chi connectivity index (χ4v) is 0.427. The van der Waals surface area contributed by atoms with Crippen LogP contribution in [0.15, 0.2) is 0 Å². The van der Waals surface area contributed by atoms with Gasteiger partial charge in [0.1, 0.15) is 0 Å². The molecule has 0 aromatic carbocycles. The summed E-state index contributed by atoms with van der Waals surface area (Å²) in [4.78, 5) is 10.5. The molecule has 0 amide bonds. The van der Waals surface area contributed by atoms with Gasteiger partial charge in [-0.1, -0.05) is 0 Å². The zero-order valence-corrected chi connectivity index (χ0v) is 7.60. The Morgan fingerprint density at radius 3 is 1.23 bits per heavy atom. The Hall–Kier alpha value is -1.63. The lowest BCUT2D eigenvalue weighted by molar-refractivity contribution is 0.216. The number of nitrogens with zero attached hydrogens (tertiary/aromatic N) is 3. The van der Waals surface area contributed by atoms with Gasteiger partial charge in [0.2, 0.25) is 17.8 Å². The first-order valence-electron chi connectivity index (χ1n) is 3.62. The molecule has 1 rings (SSSR count). The number of nitrogen functional groups attached to an aromatic ring is 3. The van der Waals surface area contributed by atoms with Crippen molar-refractivity contribution in [2.24, 2.45) is 0 Å². The van der Waals surface area contributed by atoms with Crippen LogP contribution >= 0.6 is 0 Å². The predicted octanol–water partition coefficient (Wildman–Crippen LogP) is -0.995. The minimum atomic E-state index is -0.167. The zero-order chi connectivity index (χ0) is 10.4. The molecule has 0 radical (unpaired) electrons. The highest BCUT2D eigenvalue weighted by Gasteiger charge is 1.93. The number of hydrogen-bond acceptors (Lipinski definition) is 7. The highest BCUT2D eigenvalue weighted by atomic mass is 16.3. The standard InChI is InChI=1S/C3H6N6.C3H8O/c4-1-7-2(5)9-3(6)8-1;1-3(2)4/h(H6,4,5,6,7,8,9);3-4H,1-2H3.